The van der Waals surface area contributed by atoms with Gasteiger partial charge in [-0.15, -0.1) is 0 Å². The van der Waals surface area contributed by atoms with Gasteiger partial charge >= 0.3 is 0 Å². The van der Waals surface area contributed by atoms with Gasteiger partial charge < -0.3 is 15.4 Å². The van der Waals surface area contributed by atoms with Crippen molar-refractivity contribution in [2.24, 2.45) is 0 Å². The Morgan fingerprint density at radius 1 is 1.29 bits per heavy atom. The number of anilines is 2. The van der Waals surface area contributed by atoms with Gasteiger partial charge in [0.05, 0.1) is 27.4 Å². The summed E-state index contributed by atoms with van der Waals surface area (Å²) in [6.07, 6.45) is -0.592. The van der Waals surface area contributed by atoms with Gasteiger partial charge in [0.2, 0.25) is 0 Å². The minimum absolute atomic E-state index is 0.222. The summed E-state index contributed by atoms with van der Waals surface area (Å²) >= 11 is 9.36. The molecule has 1 aliphatic rings. The third kappa shape index (κ3) is 2.99. The Labute approximate surface area is 135 Å². The number of hydrogen-bond acceptors (Lipinski definition) is 3. The van der Waals surface area contributed by atoms with Gasteiger partial charge in [0.1, 0.15) is 5.75 Å². The third-order valence-electron chi connectivity index (χ3n) is 3.14. The van der Waals surface area contributed by atoms with E-state index in [4.69, 9.17) is 16.3 Å². The zero-order valence-corrected chi connectivity index (χ0v) is 13.2. The molecular formula is C15H12BrClN2O2. The average molecular weight is 368 g/mol. The molecule has 0 saturated heterocycles. The molecule has 0 fully saturated rings. The molecule has 0 bridgehead atoms. The minimum Gasteiger partial charge on any atom is -0.477 e. The summed E-state index contributed by atoms with van der Waals surface area (Å²) in [5, 5.41) is 6.54. The highest BCUT2D eigenvalue weighted by atomic mass is 79.9. The fourth-order valence-electron chi connectivity index (χ4n) is 2.07. The van der Waals surface area contributed by atoms with Crippen LogP contribution in [-0.2, 0) is 4.79 Å². The van der Waals surface area contributed by atoms with Gasteiger partial charge in [-0.3, -0.25) is 4.79 Å². The fourth-order valence-corrected chi connectivity index (χ4v) is 2.61. The quantitative estimate of drug-likeness (QED) is 0.846. The lowest BCUT2D eigenvalue weighted by atomic mass is 10.2. The number of halogens is 2. The second-order valence-corrected chi connectivity index (χ2v) is 5.77. The van der Waals surface area contributed by atoms with Gasteiger partial charge in [0.25, 0.3) is 5.91 Å². The van der Waals surface area contributed by atoms with Gasteiger partial charge in [-0.1, -0.05) is 29.8 Å². The fraction of sp³-hybridized carbons (Fsp3) is 0.133. The minimum atomic E-state index is -0.592. The van der Waals surface area contributed by atoms with Crippen molar-refractivity contribution >= 4 is 44.8 Å². The van der Waals surface area contributed by atoms with E-state index < -0.39 is 6.10 Å². The van der Waals surface area contributed by atoms with E-state index in [1.807, 2.05) is 24.3 Å². The molecule has 0 aromatic heterocycles. The van der Waals surface area contributed by atoms with Crippen molar-refractivity contribution in [3.8, 4) is 5.75 Å². The molecule has 0 radical (unpaired) electrons. The number of amides is 1. The molecule has 1 aliphatic heterocycles. The van der Waals surface area contributed by atoms with Crippen LogP contribution in [0.4, 0.5) is 11.4 Å². The van der Waals surface area contributed by atoms with Crippen molar-refractivity contribution in [1.29, 1.82) is 0 Å². The molecule has 1 amide bonds. The van der Waals surface area contributed by atoms with E-state index in [-0.39, 0.29) is 5.91 Å². The lowest BCUT2D eigenvalue weighted by molar-refractivity contribution is -0.122. The predicted octanol–water partition coefficient (Wildman–Crippen LogP) is 3.91. The Morgan fingerprint density at radius 2 is 2.10 bits per heavy atom. The topological polar surface area (TPSA) is 50.4 Å². The van der Waals surface area contributed by atoms with Gasteiger partial charge in [0, 0.05) is 0 Å². The summed E-state index contributed by atoms with van der Waals surface area (Å²) in [7, 11) is 0. The first-order chi connectivity index (χ1) is 10.1. The maximum absolute atomic E-state index is 12.3. The van der Waals surface area contributed by atoms with Crippen LogP contribution in [0, 0.1) is 0 Å². The zero-order valence-electron chi connectivity index (χ0n) is 10.9. The van der Waals surface area contributed by atoms with E-state index in [0.29, 0.717) is 27.5 Å². The van der Waals surface area contributed by atoms with Crippen molar-refractivity contribution < 1.29 is 9.53 Å². The Morgan fingerprint density at radius 3 is 2.95 bits per heavy atom. The zero-order chi connectivity index (χ0) is 14.8. The maximum atomic E-state index is 12.3. The van der Waals surface area contributed by atoms with Gasteiger partial charge in [-0.25, -0.2) is 0 Å². The molecule has 1 heterocycles. The number of rotatable bonds is 2. The third-order valence-corrected chi connectivity index (χ3v) is 4.53. The molecule has 21 heavy (non-hydrogen) atoms. The van der Waals surface area contributed by atoms with E-state index in [9.17, 15) is 4.79 Å². The van der Waals surface area contributed by atoms with Crippen LogP contribution in [0.25, 0.3) is 0 Å². The second kappa shape index (κ2) is 5.95. The van der Waals surface area contributed by atoms with E-state index in [0.717, 1.165) is 5.69 Å². The highest BCUT2D eigenvalue weighted by Crippen LogP contribution is 2.31. The van der Waals surface area contributed by atoms with Crippen molar-refractivity contribution in [1.82, 2.24) is 0 Å². The standard InChI is InChI=1S/C15H12BrClN2O2/c16-14-9(17)4-3-6-11(14)19-15(20)13-8-18-10-5-1-2-7-12(10)21-13/h1-7,13,18H,8H2,(H,19,20). The van der Waals surface area contributed by atoms with E-state index >= 15 is 0 Å². The van der Waals surface area contributed by atoms with Crippen molar-refractivity contribution in [2.45, 2.75) is 6.10 Å². The largest absolute Gasteiger partial charge is 0.477 e. The summed E-state index contributed by atoms with van der Waals surface area (Å²) in [5.74, 6) is 0.453. The molecule has 4 nitrogen and oxygen atoms in total. The lowest BCUT2D eigenvalue weighted by Crippen LogP contribution is -2.41. The SMILES string of the molecule is O=C(Nc1cccc(Cl)c1Br)C1CNc2ccccc2O1. The van der Waals surface area contributed by atoms with E-state index in [1.54, 1.807) is 18.2 Å². The van der Waals surface area contributed by atoms with Crippen LogP contribution in [0.2, 0.25) is 5.02 Å². The van der Waals surface area contributed by atoms with Gasteiger partial charge in [0.15, 0.2) is 6.10 Å². The first-order valence-corrected chi connectivity index (χ1v) is 7.56. The van der Waals surface area contributed by atoms with Crippen LogP contribution in [-0.4, -0.2) is 18.6 Å². The van der Waals surface area contributed by atoms with E-state index in [1.165, 1.54) is 0 Å². The Bertz CT molecular complexity index is 693. The van der Waals surface area contributed by atoms with Gasteiger partial charge in [-0.05, 0) is 40.2 Å². The molecule has 2 aromatic rings. The van der Waals surface area contributed by atoms with Crippen LogP contribution >= 0.6 is 27.5 Å². The highest BCUT2D eigenvalue weighted by Gasteiger charge is 2.26. The molecule has 108 valence electrons. The summed E-state index contributed by atoms with van der Waals surface area (Å²) in [6, 6.07) is 12.8. The number of ether oxygens (including phenoxy) is 1. The molecule has 1 unspecified atom stereocenters. The Hall–Kier alpha value is -1.72. The Kier molecular flexibility index (Phi) is 4.03. The van der Waals surface area contributed by atoms with Crippen LogP contribution in [0.15, 0.2) is 46.9 Å². The van der Waals surface area contributed by atoms with Crippen LogP contribution in [0.5, 0.6) is 5.75 Å². The molecule has 2 aromatic carbocycles. The molecule has 2 N–H and O–H groups in total. The Balaban J connectivity index is 1.74. The summed E-state index contributed by atoms with van der Waals surface area (Å²) < 4.78 is 6.37. The predicted molar refractivity (Wildman–Crippen MR) is 87.1 cm³/mol. The molecule has 6 heteroatoms. The highest BCUT2D eigenvalue weighted by molar-refractivity contribution is 9.10. The maximum Gasteiger partial charge on any atom is 0.267 e. The molecule has 0 spiro atoms. The molecule has 0 aliphatic carbocycles. The normalized spacial score (nSPS) is 16.4. The number of para-hydroxylation sites is 2. The number of fused-ring (bicyclic) bond motifs is 1. The van der Waals surface area contributed by atoms with Crippen molar-refractivity contribution in [2.75, 3.05) is 17.2 Å². The van der Waals surface area contributed by atoms with Crippen molar-refractivity contribution in [3.05, 3.63) is 52.0 Å². The average Bonchev–Trinajstić information content (AvgIpc) is 2.51. The number of benzene rings is 2. The van der Waals surface area contributed by atoms with Crippen molar-refractivity contribution in [3.63, 3.8) is 0 Å². The summed E-state index contributed by atoms with van der Waals surface area (Å²) in [5.41, 5.74) is 1.51. The summed E-state index contributed by atoms with van der Waals surface area (Å²) in [6.45, 7) is 0.418. The number of hydrogen-bond donors (Lipinski definition) is 2. The molecule has 1 atom stereocenters. The first-order valence-electron chi connectivity index (χ1n) is 6.39. The lowest BCUT2D eigenvalue weighted by Gasteiger charge is -2.26. The van der Waals surface area contributed by atoms with E-state index in [2.05, 4.69) is 26.6 Å². The molecular weight excluding hydrogens is 356 g/mol. The first kappa shape index (κ1) is 14.2. The number of nitrogens with one attached hydrogen (secondary N) is 2. The van der Waals surface area contributed by atoms with Crippen LogP contribution in [0.3, 0.4) is 0 Å². The van der Waals surface area contributed by atoms with Crippen LogP contribution in [0.1, 0.15) is 0 Å². The van der Waals surface area contributed by atoms with Crippen LogP contribution < -0.4 is 15.4 Å². The number of carbonyl (C=O) groups excluding carboxylic acids is 1. The summed E-state index contributed by atoms with van der Waals surface area (Å²) in [4.78, 5) is 12.3. The smallest absolute Gasteiger partial charge is 0.267 e. The molecule has 0 saturated carbocycles. The monoisotopic (exact) mass is 366 g/mol. The van der Waals surface area contributed by atoms with Gasteiger partial charge in [-0.2, -0.15) is 0 Å². The molecule has 3 rings (SSSR count). The second-order valence-electron chi connectivity index (χ2n) is 4.57. The number of carbonyl (C=O) groups is 1.